The highest BCUT2D eigenvalue weighted by atomic mass is 79.9. The molecule has 6 nitrogen and oxygen atoms in total. The second kappa shape index (κ2) is 10.9. The molecule has 0 aliphatic rings. The zero-order valence-corrected chi connectivity index (χ0v) is 18.8. The van der Waals surface area contributed by atoms with Crippen molar-refractivity contribution in [2.24, 2.45) is 0 Å². The average molecular weight is 490 g/mol. The molecule has 0 aliphatic carbocycles. The number of aryl methyl sites for hydroxylation is 1. The van der Waals surface area contributed by atoms with Gasteiger partial charge in [-0.05, 0) is 61.0 Å². The maximum Gasteiger partial charge on any atom is 0.266 e. The fourth-order valence-electron chi connectivity index (χ4n) is 2.85. The number of amides is 2. The van der Waals surface area contributed by atoms with Gasteiger partial charge in [-0.25, -0.2) is 0 Å². The van der Waals surface area contributed by atoms with Crippen molar-refractivity contribution < 1.29 is 14.3 Å². The van der Waals surface area contributed by atoms with Gasteiger partial charge < -0.3 is 15.4 Å². The Kier molecular flexibility index (Phi) is 7.79. The van der Waals surface area contributed by atoms with Crippen molar-refractivity contribution in [3.05, 3.63) is 94.0 Å². The van der Waals surface area contributed by atoms with Crippen LogP contribution in [0.3, 0.4) is 0 Å². The molecule has 0 atom stereocenters. The monoisotopic (exact) mass is 489 g/mol. The zero-order chi connectivity index (χ0) is 22.9. The second-order valence-electron chi connectivity index (χ2n) is 6.88. The van der Waals surface area contributed by atoms with Crippen LogP contribution in [0.1, 0.15) is 11.1 Å². The van der Waals surface area contributed by atoms with Crippen molar-refractivity contribution >= 4 is 45.2 Å². The zero-order valence-electron chi connectivity index (χ0n) is 17.3. The van der Waals surface area contributed by atoms with Gasteiger partial charge in [0.2, 0.25) is 0 Å². The number of carbonyl (C=O) groups is 2. The van der Waals surface area contributed by atoms with Crippen molar-refractivity contribution in [2.75, 3.05) is 17.2 Å². The topological polar surface area (TPSA) is 91.2 Å². The average Bonchev–Trinajstić information content (AvgIpc) is 2.77. The molecule has 3 rings (SSSR count). The Balaban J connectivity index is 1.75. The molecule has 2 N–H and O–H groups in total. The quantitative estimate of drug-likeness (QED) is 0.347. The predicted octanol–water partition coefficient (Wildman–Crippen LogP) is 5.32. The molecule has 0 radical (unpaired) electrons. The minimum atomic E-state index is -0.536. The summed E-state index contributed by atoms with van der Waals surface area (Å²) in [6, 6.07) is 23.4. The number of carbonyl (C=O) groups excluding carboxylic acids is 2. The van der Waals surface area contributed by atoms with Crippen molar-refractivity contribution in [3.8, 4) is 11.8 Å². The van der Waals surface area contributed by atoms with Gasteiger partial charge in [-0.3, -0.25) is 9.59 Å². The Morgan fingerprint density at radius 3 is 2.47 bits per heavy atom. The van der Waals surface area contributed by atoms with Crippen molar-refractivity contribution in [1.29, 1.82) is 5.26 Å². The Bertz CT molecular complexity index is 1200. The summed E-state index contributed by atoms with van der Waals surface area (Å²) in [6.07, 6.45) is 1.43. The minimum Gasteiger partial charge on any atom is -0.483 e. The molecule has 0 spiro atoms. The SMILES string of the molecule is Cc1cccc(NC(=O)/C(C#N)=C/c2cc(Br)ccc2OCC(=O)Nc2ccccc2)c1. The van der Waals surface area contributed by atoms with Crippen LogP contribution in [0.4, 0.5) is 11.4 Å². The number of benzene rings is 3. The fraction of sp³-hybridized carbons (Fsp3) is 0.0800. The van der Waals surface area contributed by atoms with Gasteiger partial charge >= 0.3 is 0 Å². The van der Waals surface area contributed by atoms with Gasteiger partial charge in [0.1, 0.15) is 17.4 Å². The van der Waals surface area contributed by atoms with Crippen molar-refractivity contribution in [1.82, 2.24) is 0 Å². The lowest BCUT2D eigenvalue weighted by molar-refractivity contribution is -0.118. The lowest BCUT2D eigenvalue weighted by atomic mass is 10.1. The molecule has 0 aromatic heterocycles. The lowest BCUT2D eigenvalue weighted by Crippen LogP contribution is -2.20. The first kappa shape index (κ1) is 22.8. The number of ether oxygens (including phenoxy) is 1. The molecule has 2 amide bonds. The maximum atomic E-state index is 12.6. The highest BCUT2D eigenvalue weighted by molar-refractivity contribution is 9.10. The first-order valence-electron chi connectivity index (χ1n) is 9.71. The van der Waals surface area contributed by atoms with E-state index in [1.54, 1.807) is 36.4 Å². The number of para-hydroxylation sites is 1. The molecule has 160 valence electrons. The molecule has 3 aromatic carbocycles. The highest BCUT2D eigenvalue weighted by Gasteiger charge is 2.13. The Morgan fingerprint density at radius 2 is 1.75 bits per heavy atom. The van der Waals surface area contributed by atoms with Crippen LogP contribution >= 0.6 is 15.9 Å². The molecule has 0 bridgehead atoms. The number of anilines is 2. The van der Waals surface area contributed by atoms with Gasteiger partial charge in [-0.2, -0.15) is 5.26 Å². The molecule has 3 aromatic rings. The summed E-state index contributed by atoms with van der Waals surface area (Å²) in [7, 11) is 0. The van der Waals surface area contributed by atoms with Crippen LogP contribution in [-0.4, -0.2) is 18.4 Å². The first-order chi connectivity index (χ1) is 15.4. The standard InChI is InChI=1S/C25H20BrN3O3/c1-17-6-5-9-22(12-17)29-25(31)19(15-27)13-18-14-20(26)10-11-23(18)32-16-24(30)28-21-7-3-2-4-8-21/h2-14H,16H2,1H3,(H,28,30)(H,29,31)/b19-13+. The third-order valence-electron chi connectivity index (χ3n) is 4.33. The molecule has 7 heteroatoms. The van der Waals surface area contributed by atoms with Gasteiger partial charge in [0.05, 0.1) is 0 Å². The summed E-state index contributed by atoms with van der Waals surface area (Å²) < 4.78 is 6.40. The van der Waals surface area contributed by atoms with E-state index in [2.05, 4.69) is 26.6 Å². The van der Waals surface area contributed by atoms with E-state index in [1.807, 2.05) is 49.4 Å². The summed E-state index contributed by atoms with van der Waals surface area (Å²) in [4.78, 5) is 24.8. The lowest BCUT2D eigenvalue weighted by Gasteiger charge is -2.11. The van der Waals surface area contributed by atoms with Crippen molar-refractivity contribution in [2.45, 2.75) is 6.92 Å². The number of halogens is 1. The first-order valence-corrected chi connectivity index (χ1v) is 10.5. The van der Waals surface area contributed by atoms with Gasteiger partial charge in [0.15, 0.2) is 6.61 Å². The smallest absolute Gasteiger partial charge is 0.266 e. The molecule has 0 saturated carbocycles. The molecular formula is C25H20BrN3O3. The van der Waals surface area contributed by atoms with E-state index >= 15 is 0 Å². The summed E-state index contributed by atoms with van der Waals surface area (Å²) in [6.45, 7) is 1.69. The van der Waals surface area contributed by atoms with Crippen LogP contribution in [0.2, 0.25) is 0 Å². The summed E-state index contributed by atoms with van der Waals surface area (Å²) in [5.74, 6) is -0.495. The van der Waals surface area contributed by atoms with Crippen LogP contribution in [0.15, 0.2) is 82.8 Å². The predicted molar refractivity (Wildman–Crippen MR) is 128 cm³/mol. The third kappa shape index (κ3) is 6.56. The van der Waals surface area contributed by atoms with Crippen LogP contribution < -0.4 is 15.4 Å². The third-order valence-corrected chi connectivity index (χ3v) is 4.82. The van der Waals surface area contributed by atoms with Crippen LogP contribution in [0.25, 0.3) is 6.08 Å². The van der Waals surface area contributed by atoms with E-state index in [9.17, 15) is 14.9 Å². The molecule has 0 unspecified atom stereocenters. The maximum absolute atomic E-state index is 12.6. The van der Waals surface area contributed by atoms with E-state index in [-0.39, 0.29) is 18.1 Å². The van der Waals surface area contributed by atoms with Crippen LogP contribution in [0.5, 0.6) is 5.75 Å². The molecule has 0 saturated heterocycles. The van der Waals surface area contributed by atoms with Gasteiger partial charge in [0.25, 0.3) is 11.8 Å². The summed E-state index contributed by atoms with van der Waals surface area (Å²) in [5, 5.41) is 15.0. The van der Waals surface area contributed by atoms with Gasteiger partial charge in [-0.15, -0.1) is 0 Å². The number of nitriles is 1. The number of nitrogens with zero attached hydrogens (tertiary/aromatic N) is 1. The Morgan fingerprint density at radius 1 is 1.00 bits per heavy atom. The molecule has 0 fully saturated rings. The number of rotatable bonds is 7. The Hall–Kier alpha value is -3.89. The normalized spacial score (nSPS) is 10.7. The minimum absolute atomic E-state index is 0.0943. The molecule has 0 heterocycles. The number of nitrogens with one attached hydrogen (secondary N) is 2. The number of hydrogen-bond acceptors (Lipinski definition) is 4. The fourth-order valence-corrected chi connectivity index (χ4v) is 3.23. The molecule has 0 aliphatic heterocycles. The summed E-state index contributed by atoms with van der Waals surface area (Å²) in [5.41, 5.74) is 2.64. The largest absolute Gasteiger partial charge is 0.483 e. The molecule has 32 heavy (non-hydrogen) atoms. The highest BCUT2D eigenvalue weighted by Crippen LogP contribution is 2.26. The Labute approximate surface area is 194 Å². The second-order valence-corrected chi connectivity index (χ2v) is 7.79. The van der Waals surface area contributed by atoms with Gasteiger partial charge in [-0.1, -0.05) is 46.3 Å². The van der Waals surface area contributed by atoms with E-state index in [0.29, 0.717) is 22.7 Å². The summed E-state index contributed by atoms with van der Waals surface area (Å²) >= 11 is 3.38. The van der Waals surface area contributed by atoms with Crippen LogP contribution in [0, 0.1) is 18.3 Å². The van der Waals surface area contributed by atoms with E-state index < -0.39 is 5.91 Å². The van der Waals surface area contributed by atoms with E-state index in [0.717, 1.165) is 10.0 Å². The molecular weight excluding hydrogens is 470 g/mol. The number of hydrogen-bond donors (Lipinski definition) is 2. The van der Waals surface area contributed by atoms with E-state index in [1.165, 1.54) is 6.08 Å². The van der Waals surface area contributed by atoms with Crippen molar-refractivity contribution in [3.63, 3.8) is 0 Å². The van der Waals surface area contributed by atoms with Crippen LogP contribution in [-0.2, 0) is 9.59 Å². The van der Waals surface area contributed by atoms with Gasteiger partial charge in [0, 0.05) is 21.4 Å². The van der Waals surface area contributed by atoms with E-state index in [4.69, 9.17) is 4.74 Å².